The molecule has 2 nitrogen and oxygen atoms in total. The topological polar surface area (TPSA) is 35.8 Å². The Hall–Kier alpha value is -1.49. The Morgan fingerprint density at radius 2 is 2.12 bits per heavy atom. The van der Waals surface area contributed by atoms with Crippen LogP contribution in [0.2, 0.25) is 0 Å². The minimum absolute atomic E-state index is 0.181. The number of nitriles is 1. The molecule has 0 aromatic heterocycles. The molecule has 1 aromatic carbocycles. The molecular formula is C14H18N2. The van der Waals surface area contributed by atoms with E-state index in [1.807, 2.05) is 0 Å². The fourth-order valence-corrected chi connectivity index (χ4v) is 2.46. The van der Waals surface area contributed by atoms with Crippen molar-refractivity contribution in [2.75, 3.05) is 5.32 Å². The highest BCUT2D eigenvalue weighted by Crippen LogP contribution is 2.29. The molecule has 2 heteroatoms. The fraction of sp³-hybridized carbons (Fsp3) is 0.500. The standard InChI is InChI=1S/C14H18N2/c1-10-6-7-13(11(2)8-10)16-14-5-3-4-12(14)9-15/h6-8,12,14,16H,3-5H2,1-2H3. The van der Waals surface area contributed by atoms with Gasteiger partial charge in [-0.15, -0.1) is 0 Å². The molecule has 0 bridgehead atoms. The molecule has 1 N–H and O–H groups in total. The minimum atomic E-state index is 0.181. The van der Waals surface area contributed by atoms with Crippen molar-refractivity contribution in [3.05, 3.63) is 29.3 Å². The zero-order chi connectivity index (χ0) is 11.5. The van der Waals surface area contributed by atoms with Crippen molar-refractivity contribution in [1.29, 1.82) is 5.26 Å². The average Bonchev–Trinajstić information content (AvgIpc) is 2.69. The first-order chi connectivity index (χ1) is 7.70. The molecule has 1 fully saturated rings. The Balaban J connectivity index is 2.12. The predicted molar refractivity (Wildman–Crippen MR) is 66.3 cm³/mol. The van der Waals surface area contributed by atoms with Gasteiger partial charge in [0.15, 0.2) is 0 Å². The van der Waals surface area contributed by atoms with Gasteiger partial charge >= 0.3 is 0 Å². The van der Waals surface area contributed by atoms with Crippen molar-refractivity contribution >= 4 is 5.69 Å². The summed E-state index contributed by atoms with van der Waals surface area (Å²) >= 11 is 0. The van der Waals surface area contributed by atoms with E-state index in [-0.39, 0.29) is 5.92 Å². The summed E-state index contributed by atoms with van der Waals surface area (Å²) in [6, 6.07) is 9.16. The van der Waals surface area contributed by atoms with Crippen LogP contribution in [0.15, 0.2) is 18.2 Å². The number of benzene rings is 1. The van der Waals surface area contributed by atoms with Gasteiger partial charge in [0.2, 0.25) is 0 Å². The molecule has 0 saturated heterocycles. The Morgan fingerprint density at radius 3 is 2.81 bits per heavy atom. The van der Waals surface area contributed by atoms with E-state index < -0.39 is 0 Å². The summed E-state index contributed by atoms with van der Waals surface area (Å²) in [6.07, 6.45) is 3.32. The van der Waals surface area contributed by atoms with Crippen molar-refractivity contribution in [1.82, 2.24) is 0 Å². The van der Waals surface area contributed by atoms with Crippen molar-refractivity contribution in [2.45, 2.75) is 39.2 Å². The van der Waals surface area contributed by atoms with Crippen LogP contribution in [0.4, 0.5) is 5.69 Å². The maximum Gasteiger partial charge on any atom is 0.0677 e. The molecule has 84 valence electrons. The molecule has 0 amide bonds. The number of hydrogen-bond acceptors (Lipinski definition) is 2. The van der Waals surface area contributed by atoms with Crippen molar-refractivity contribution in [2.24, 2.45) is 5.92 Å². The molecule has 0 aliphatic heterocycles. The second-order valence-corrected chi connectivity index (χ2v) is 4.74. The molecule has 1 aliphatic carbocycles. The summed E-state index contributed by atoms with van der Waals surface area (Å²) in [5, 5.41) is 12.6. The Labute approximate surface area is 97.3 Å². The van der Waals surface area contributed by atoms with E-state index in [1.54, 1.807) is 0 Å². The first kappa shape index (κ1) is 11.0. The maximum atomic E-state index is 9.04. The number of aryl methyl sites for hydroxylation is 2. The van der Waals surface area contributed by atoms with Crippen molar-refractivity contribution in [3.63, 3.8) is 0 Å². The summed E-state index contributed by atoms with van der Waals surface area (Å²) in [5.41, 5.74) is 3.73. The number of anilines is 1. The summed E-state index contributed by atoms with van der Waals surface area (Å²) in [4.78, 5) is 0. The highest BCUT2D eigenvalue weighted by Gasteiger charge is 2.26. The van der Waals surface area contributed by atoms with Gasteiger partial charge in [0.05, 0.1) is 12.0 Å². The van der Waals surface area contributed by atoms with Gasteiger partial charge in [-0.05, 0) is 44.7 Å². The third kappa shape index (κ3) is 2.19. The summed E-state index contributed by atoms with van der Waals surface area (Å²) in [6.45, 7) is 4.22. The zero-order valence-electron chi connectivity index (χ0n) is 9.96. The van der Waals surface area contributed by atoms with Gasteiger partial charge in [0, 0.05) is 11.7 Å². The lowest BCUT2D eigenvalue weighted by molar-refractivity contribution is 0.629. The molecule has 1 saturated carbocycles. The first-order valence-corrected chi connectivity index (χ1v) is 5.94. The van der Waals surface area contributed by atoms with Crippen LogP contribution in [0.1, 0.15) is 30.4 Å². The predicted octanol–water partition coefficient (Wildman–Crippen LogP) is 3.41. The van der Waals surface area contributed by atoms with Crippen LogP contribution in [-0.4, -0.2) is 6.04 Å². The monoisotopic (exact) mass is 214 g/mol. The van der Waals surface area contributed by atoms with Gasteiger partial charge < -0.3 is 5.32 Å². The van der Waals surface area contributed by atoms with Crippen LogP contribution in [0.25, 0.3) is 0 Å². The third-order valence-corrected chi connectivity index (χ3v) is 3.40. The van der Waals surface area contributed by atoms with Gasteiger partial charge in [0.25, 0.3) is 0 Å². The lowest BCUT2D eigenvalue weighted by Crippen LogP contribution is -2.23. The molecule has 2 rings (SSSR count). The van der Waals surface area contributed by atoms with E-state index in [0.717, 1.165) is 12.8 Å². The normalized spacial score (nSPS) is 24.1. The highest BCUT2D eigenvalue weighted by molar-refractivity contribution is 5.53. The average molecular weight is 214 g/mol. The quantitative estimate of drug-likeness (QED) is 0.819. The van der Waals surface area contributed by atoms with Crippen LogP contribution in [-0.2, 0) is 0 Å². The number of nitrogens with one attached hydrogen (secondary N) is 1. The van der Waals surface area contributed by atoms with Crippen LogP contribution < -0.4 is 5.32 Å². The fourth-order valence-electron chi connectivity index (χ4n) is 2.46. The van der Waals surface area contributed by atoms with Gasteiger partial charge in [-0.25, -0.2) is 0 Å². The van der Waals surface area contributed by atoms with E-state index in [0.29, 0.717) is 6.04 Å². The Bertz CT molecular complexity index is 417. The summed E-state index contributed by atoms with van der Waals surface area (Å²) in [7, 11) is 0. The van der Waals surface area contributed by atoms with E-state index in [4.69, 9.17) is 5.26 Å². The second-order valence-electron chi connectivity index (χ2n) is 4.74. The Kier molecular flexibility index (Phi) is 3.14. The molecule has 0 spiro atoms. The van der Waals surface area contributed by atoms with E-state index in [2.05, 4.69) is 43.4 Å². The molecule has 1 aromatic rings. The molecule has 1 aliphatic rings. The van der Waals surface area contributed by atoms with E-state index in [9.17, 15) is 0 Å². The lowest BCUT2D eigenvalue weighted by Gasteiger charge is -2.18. The SMILES string of the molecule is Cc1ccc(NC2CCCC2C#N)c(C)c1. The number of rotatable bonds is 2. The van der Waals surface area contributed by atoms with Crippen LogP contribution in [0.5, 0.6) is 0 Å². The molecule has 2 atom stereocenters. The molecule has 0 radical (unpaired) electrons. The molecule has 16 heavy (non-hydrogen) atoms. The summed E-state index contributed by atoms with van der Waals surface area (Å²) in [5.74, 6) is 0.181. The summed E-state index contributed by atoms with van der Waals surface area (Å²) < 4.78 is 0. The molecular weight excluding hydrogens is 196 g/mol. The van der Waals surface area contributed by atoms with E-state index >= 15 is 0 Å². The second kappa shape index (κ2) is 4.57. The smallest absolute Gasteiger partial charge is 0.0677 e. The van der Waals surface area contributed by atoms with Crippen LogP contribution in [0.3, 0.4) is 0 Å². The van der Waals surface area contributed by atoms with E-state index in [1.165, 1.54) is 23.2 Å². The molecule has 2 unspecified atom stereocenters. The maximum absolute atomic E-state index is 9.04. The molecule has 0 heterocycles. The van der Waals surface area contributed by atoms with Gasteiger partial charge in [-0.1, -0.05) is 17.7 Å². The van der Waals surface area contributed by atoms with Gasteiger partial charge in [-0.3, -0.25) is 0 Å². The van der Waals surface area contributed by atoms with Gasteiger partial charge in [0.1, 0.15) is 0 Å². The largest absolute Gasteiger partial charge is 0.381 e. The van der Waals surface area contributed by atoms with Crippen LogP contribution in [0, 0.1) is 31.1 Å². The number of nitrogens with zero attached hydrogens (tertiary/aromatic N) is 1. The number of hydrogen-bond donors (Lipinski definition) is 1. The van der Waals surface area contributed by atoms with Gasteiger partial charge in [-0.2, -0.15) is 5.26 Å². The third-order valence-electron chi connectivity index (χ3n) is 3.40. The highest BCUT2D eigenvalue weighted by atomic mass is 14.9. The van der Waals surface area contributed by atoms with Crippen LogP contribution >= 0.6 is 0 Å². The lowest BCUT2D eigenvalue weighted by atomic mass is 10.0. The zero-order valence-corrected chi connectivity index (χ0v) is 9.96. The Morgan fingerprint density at radius 1 is 1.31 bits per heavy atom. The minimum Gasteiger partial charge on any atom is -0.381 e. The first-order valence-electron chi connectivity index (χ1n) is 5.94. The van der Waals surface area contributed by atoms with Crippen molar-refractivity contribution < 1.29 is 0 Å². The van der Waals surface area contributed by atoms with Crippen molar-refractivity contribution in [3.8, 4) is 6.07 Å².